The monoisotopic (exact) mass is 451 g/mol. The first-order valence-electron chi connectivity index (χ1n) is 11.2. The van der Waals surface area contributed by atoms with Gasteiger partial charge in [-0.15, -0.1) is 0 Å². The number of alkyl halides is 2. The summed E-state index contributed by atoms with van der Waals surface area (Å²) < 4.78 is 31.3. The molecule has 4 aromatic rings. The Bertz CT molecular complexity index is 1280. The first-order valence-corrected chi connectivity index (χ1v) is 11.2. The maximum absolute atomic E-state index is 13.8. The average Bonchev–Trinajstić information content (AvgIpc) is 3.31. The molecule has 0 bridgehead atoms. The van der Waals surface area contributed by atoms with Gasteiger partial charge in [0.15, 0.2) is 5.65 Å². The quantitative estimate of drug-likeness (QED) is 0.457. The molecule has 3 aromatic heterocycles. The van der Waals surface area contributed by atoms with E-state index in [0.717, 1.165) is 33.8 Å². The van der Waals surface area contributed by atoms with E-state index in [-0.39, 0.29) is 25.9 Å². The lowest BCUT2D eigenvalue weighted by Crippen LogP contribution is -2.40. The number of halogens is 2. The molecular weight excluding hydrogens is 424 g/mol. The minimum atomic E-state index is -2.61. The average molecular weight is 452 g/mol. The largest absolute Gasteiger partial charge is 0.355 e. The van der Waals surface area contributed by atoms with Crippen LogP contribution in [0.4, 0.5) is 14.6 Å². The molecule has 7 nitrogen and oxygen atoms in total. The van der Waals surface area contributed by atoms with Crippen LogP contribution in [0.3, 0.4) is 0 Å². The third-order valence-electron chi connectivity index (χ3n) is 6.29. The first kappa shape index (κ1) is 21.5. The molecule has 9 heteroatoms. The van der Waals surface area contributed by atoms with E-state index in [1.54, 1.807) is 4.68 Å². The summed E-state index contributed by atoms with van der Waals surface area (Å²) >= 11 is 0. The Morgan fingerprint density at radius 2 is 1.70 bits per heavy atom. The SMILES string of the molecule is Cc1nn(C)c2nc(CCc3nc(-c4ccccc4)cn3C)nc(N3CCC(F)(F)CC3)c12. The van der Waals surface area contributed by atoms with Gasteiger partial charge in [0.1, 0.15) is 17.5 Å². The molecule has 0 radical (unpaired) electrons. The fraction of sp³-hybridized carbons (Fsp3) is 0.417. The highest BCUT2D eigenvalue weighted by Crippen LogP contribution is 2.33. The van der Waals surface area contributed by atoms with E-state index in [1.165, 1.54) is 0 Å². The zero-order chi connectivity index (χ0) is 23.2. The second kappa shape index (κ2) is 8.20. The van der Waals surface area contributed by atoms with Crippen molar-refractivity contribution < 1.29 is 8.78 Å². The summed E-state index contributed by atoms with van der Waals surface area (Å²) in [6.45, 7) is 2.45. The second-order valence-electron chi connectivity index (χ2n) is 8.73. The van der Waals surface area contributed by atoms with Gasteiger partial charge in [-0.05, 0) is 6.92 Å². The van der Waals surface area contributed by atoms with Crippen LogP contribution in [0.1, 0.15) is 30.2 Å². The summed E-state index contributed by atoms with van der Waals surface area (Å²) in [4.78, 5) is 16.4. The van der Waals surface area contributed by atoms with Crippen molar-refractivity contribution in [2.24, 2.45) is 14.1 Å². The molecule has 0 aliphatic carbocycles. The number of anilines is 1. The normalized spacial score (nSPS) is 16.0. The summed E-state index contributed by atoms with van der Waals surface area (Å²) in [5, 5.41) is 5.35. The lowest BCUT2D eigenvalue weighted by atomic mass is 10.1. The molecule has 33 heavy (non-hydrogen) atoms. The number of hydrogen-bond donors (Lipinski definition) is 0. The van der Waals surface area contributed by atoms with Crippen LogP contribution in [0.25, 0.3) is 22.3 Å². The minimum absolute atomic E-state index is 0.164. The maximum Gasteiger partial charge on any atom is 0.251 e. The molecule has 1 saturated heterocycles. The van der Waals surface area contributed by atoms with E-state index in [2.05, 4.69) is 5.10 Å². The van der Waals surface area contributed by atoms with E-state index in [4.69, 9.17) is 15.0 Å². The smallest absolute Gasteiger partial charge is 0.251 e. The summed E-state index contributed by atoms with van der Waals surface area (Å²) in [5.41, 5.74) is 3.55. The van der Waals surface area contributed by atoms with Gasteiger partial charge in [0.2, 0.25) is 0 Å². The number of aryl methyl sites for hydroxylation is 5. The molecule has 5 rings (SSSR count). The van der Waals surface area contributed by atoms with Gasteiger partial charge >= 0.3 is 0 Å². The topological polar surface area (TPSA) is 64.7 Å². The second-order valence-corrected chi connectivity index (χ2v) is 8.73. The Balaban J connectivity index is 1.43. The van der Waals surface area contributed by atoms with Crippen LogP contribution in [0.2, 0.25) is 0 Å². The van der Waals surface area contributed by atoms with Gasteiger partial charge in [-0.25, -0.2) is 23.7 Å². The van der Waals surface area contributed by atoms with E-state index in [1.807, 2.05) is 67.0 Å². The molecule has 0 unspecified atom stereocenters. The number of imidazole rings is 1. The third-order valence-corrected chi connectivity index (χ3v) is 6.29. The van der Waals surface area contributed by atoms with Crippen molar-refractivity contribution in [1.82, 2.24) is 29.3 Å². The maximum atomic E-state index is 13.8. The number of hydrogen-bond acceptors (Lipinski definition) is 5. The molecule has 0 atom stereocenters. The standard InChI is InChI=1S/C24H27F2N7/c1-16-21-22(32(3)30-16)28-19(29-23(21)33-13-11-24(25,26)12-14-33)9-10-20-27-18(15-31(20)2)17-7-5-4-6-8-17/h4-8,15H,9-14H2,1-3H3. The number of piperidine rings is 1. The van der Waals surface area contributed by atoms with E-state index < -0.39 is 5.92 Å². The lowest BCUT2D eigenvalue weighted by molar-refractivity contribution is -0.0221. The zero-order valence-electron chi connectivity index (χ0n) is 19.1. The van der Waals surface area contributed by atoms with Crippen LogP contribution in [-0.2, 0) is 26.9 Å². The Morgan fingerprint density at radius 1 is 0.970 bits per heavy atom. The number of nitrogens with zero attached hydrogens (tertiary/aromatic N) is 7. The van der Waals surface area contributed by atoms with E-state index in [0.29, 0.717) is 24.5 Å². The Morgan fingerprint density at radius 3 is 2.42 bits per heavy atom. The van der Waals surface area contributed by atoms with Gasteiger partial charge in [0.25, 0.3) is 5.92 Å². The van der Waals surface area contributed by atoms with Gasteiger partial charge in [0, 0.05) is 64.6 Å². The Labute approximate surface area is 191 Å². The van der Waals surface area contributed by atoms with E-state index >= 15 is 0 Å². The Hall–Kier alpha value is -3.36. The highest BCUT2D eigenvalue weighted by atomic mass is 19.3. The highest BCUT2D eigenvalue weighted by molar-refractivity contribution is 5.90. The molecule has 4 heterocycles. The van der Waals surface area contributed by atoms with Crippen molar-refractivity contribution in [3.63, 3.8) is 0 Å². The van der Waals surface area contributed by atoms with Crippen molar-refractivity contribution in [1.29, 1.82) is 0 Å². The Kier molecular flexibility index (Phi) is 5.34. The van der Waals surface area contributed by atoms with Crippen LogP contribution in [0.5, 0.6) is 0 Å². The number of rotatable bonds is 5. The van der Waals surface area contributed by atoms with E-state index in [9.17, 15) is 8.78 Å². The molecule has 0 N–H and O–H groups in total. The van der Waals surface area contributed by atoms with Crippen molar-refractivity contribution in [2.45, 2.75) is 38.5 Å². The molecule has 0 saturated carbocycles. The van der Waals surface area contributed by atoms with Crippen molar-refractivity contribution in [2.75, 3.05) is 18.0 Å². The molecular formula is C24H27F2N7. The third kappa shape index (κ3) is 4.19. The number of benzene rings is 1. The predicted octanol–water partition coefficient (Wildman–Crippen LogP) is 4.09. The van der Waals surface area contributed by atoms with Gasteiger partial charge in [-0.3, -0.25) is 4.68 Å². The summed E-state index contributed by atoms with van der Waals surface area (Å²) in [6, 6.07) is 10.1. The molecule has 1 aliphatic rings. The zero-order valence-corrected chi connectivity index (χ0v) is 19.1. The van der Waals surface area contributed by atoms with Gasteiger partial charge in [-0.2, -0.15) is 5.10 Å². The van der Waals surface area contributed by atoms with Crippen LogP contribution >= 0.6 is 0 Å². The van der Waals surface area contributed by atoms with Crippen LogP contribution < -0.4 is 4.90 Å². The molecule has 1 fully saturated rings. The van der Waals surface area contributed by atoms with Gasteiger partial charge in [0.05, 0.1) is 16.8 Å². The fourth-order valence-electron chi connectivity index (χ4n) is 4.46. The summed E-state index contributed by atoms with van der Waals surface area (Å²) in [7, 11) is 3.84. The highest BCUT2D eigenvalue weighted by Gasteiger charge is 2.35. The number of fused-ring (bicyclic) bond motifs is 1. The van der Waals surface area contributed by atoms with Crippen molar-refractivity contribution in [3.05, 3.63) is 53.9 Å². The molecule has 172 valence electrons. The van der Waals surface area contributed by atoms with Crippen molar-refractivity contribution in [3.8, 4) is 11.3 Å². The summed E-state index contributed by atoms with van der Waals surface area (Å²) in [6.07, 6.45) is 2.96. The lowest BCUT2D eigenvalue weighted by Gasteiger charge is -2.33. The summed E-state index contributed by atoms with van der Waals surface area (Å²) in [5.74, 6) is -0.287. The predicted molar refractivity (Wildman–Crippen MR) is 123 cm³/mol. The van der Waals surface area contributed by atoms with Gasteiger partial charge in [-0.1, -0.05) is 30.3 Å². The van der Waals surface area contributed by atoms with Crippen LogP contribution in [0, 0.1) is 6.92 Å². The molecule has 0 spiro atoms. The van der Waals surface area contributed by atoms with Crippen LogP contribution in [0.15, 0.2) is 36.5 Å². The number of aromatic nitrogens is 6. The first-order chi connectivity index (χ1) is 15.8. The minimum Gasteiger partial charge on any atom is -0.355 e. The van der Waals surface area contributed by atoms with Crippen LogP contribution in [-0.4, -0.2) is 48.3 Å². The molecule has 1 aliphatic heterocycles. The fourth-order valence-corrected chi connectivity index (χ4v) is 4.46. The molecule has 1 aromatic carbocycles. The molecule has 0 amide bonds. The van der Waals surface area contributed by atoms with Gasteiger partial charge < -0.3 is 9.47 Å². The van der Waals surface area contributed by atoms with Crippen molar-refractivity contribution >= 4 is 16.9 Å².